The SMILES string of the molecule is CCOC(=O)c1c(NC(=O)CN2C(=O)/C(=C/c3ccc(OC4CCCCC4)c(OC)c3)SC2=S)sc2c1CCC(C)C2. The number of ether oxygens (including phenoxy) is 3. The van der Waals surface area contributed by atoms with Gasteiger partial charge >= 0.3 is 5.97 Å². The van der Waals surface area contributed by atoms with Crippen LogP contribution in [0.3, 0.4) is 0 Å². The highest BCUT2D eigenvalue weighted by Crippen LogP contribution is 2.41. The van der Waals surface area contributed by atoms with Crippen LogP contribution >= 0.6 is 35.3 Å². The Morgan fingerprint density at radius 1 is 1.17 bits per heavy atom. The Morgan fingerprint density at radius 2 is 1.95 bits per heavy atom. The third-order valence-corrected chi connectivity index (χ3v) is 10.3. The number of anilines is 1. The third-order valence-electron chi connectivity index (χ3n) is 7.75. The van der Waals surface area contributed by atoms with Gasteiger partial charge in [-0.2, -0.15) is 0 Å². The Bertz CT molecular complexity index is 1410. The molecule has 5 rings (SSSR count). The molecule has 1 unspecified atom stereocenters. The smallest absolute Gasteiger partial charge is 0.341 e. The second kappa shape index (κ2) is 13.6. The third kappa shape index (κ3) is 6.84. The highest BCUT2D eigenvalue weighted by Gasteiger charge is 2.35. The van der Waals surface area contributed by atoms with E-state index in [1.807, 2.05) is 18.2 Å². The van der Waals surface area contributed by atoms with Crippen molar-refractivity contribution < 1.29 is 28.6 Å². The van der Waals surface area contributed by atoms with Gasteiger partial charge in [-0.1, -0.05) is 43.4 Å². The number of amides is 2. The topological polar surface area (TPSA) is 94.2 Å². The number of fused-ring (bicyclic) bond motifs is 1. The lowest BCUT2D eigenvalue weighted by molar-refractivity contribution is -0.126. The number of thiophene rings is 1. The van der Waals surface area contributed by atoms with Gasteiger partial charge in [-0.3, -0.25) is 14.5 Å². The second-order valence-corrected chi connectivity index (χ2v) is 13.7. The van der Waals surface area contributed by atoms with Crippen molar-refractivity contribution in [1.82, 2.24) is 4.90 Å². The van der Waals surface area contributed by atoms with Gasteiger partial charge in [0.1, 0.15) is 15.9 Å². The van der Waals surface area contributed by atoms with Crippen LogP contribution in [0.25, 0.3) is 6.08 Å². The van der Waals surface area contributed by atoms with E-state index in [-0.39, 0.29) is 25.2 Å². The van der Waals surface area contributed by atoms with Gasteiger partial charge < -0.3 is 19.5 Å². The number of hydrogen-bond donors (Lipinski definition) is 1. The zero-order valence-corrected chi connectivity index (χ0v) is 26.6. The molecule has 1 N–H and O–H groups in total. The fourth-order valence-electron chi connectivity index (χ4n) is 5.59. The minimum atomic E-state index is -0.431. The molecule has 11 heteroatoms. The van der Waals surface area contributed by atoms with Crippen LogP contribution in [0.5, 0.6) is 11.5 Å². The van der Waals surface area contributed by atoms with E-state index in [1.54, 1.807) is 20.1 Å². The number of methoxy groups -OCH3 is 1. The molecule has 2 heterocycles. The lowest BCUT2D eigenvalue weighted by Crippen LogP contribution is -2.36. The molecular formula is C31H36N2O6S3. The molecule has 0 spiro atoms. The molecule has 3 aliphatic rings. The number of nitrogens with zero attached hydrogens (tertiary/aromatic N) is 1. The van der Waals surface area contributed by atoms with E-state index in [2.05, 4.69) is 12.2 Å². The van der Waals surface area contributed by atoms with Crippen LogP contribution in [0.4, 0.5) is 5.00 Å². The quantitative estimate of drug-likeness (QED) is 0.188. The molecule has 2 aliphatic carbocycles. The first kappa shape index (κ1) is 30.6. The van der Waals surface area contributed by atoms with Gasteiger partial charge in [0.05, 0.1) is 30.3 Å². The first-order valence-electron chi connectivity index (χ1n) is 14.5. The van der Waals surface area contributed by atoms with Crippen molar-refractivity contribution >= 4 is 68.5 Å². The Labute approximate surface area is 260 Å². The van der Waals surface area contributed by atoms with Crippen molar-refractivity contribution in [1.29, 1.82) is 0 Å². The summed E-state index contributed by atoms with van der Waals surface area (Å²) in [4.78, 5) is 42.1. The van der Waals surface area contributed by atoms with Gasteiger partial charge in [-0.25, -0.2) is 4.79 Å². The molecule has 2 aromatic rings. The summed E-state index contributed by atoms with van der Waals surface area (Å²) in [6.07, 6.45) is 10.2. The zero-order valence-electron chi connectivity index (χ0n) is 24.2. The summed E-state index contributed by atoms with van der Waals surface area (Å²) < 4.78 is 17.4. The number of rotatable bonds is 9. The average Bonchev–Trinajstić information content (AvgIpc) is 3.45. The van der Waals surface area contributed by atoms with Gasteiger partial charge in [0.2, 0.25) is 5.91 Å². The average molecular weight is 629 g/mol. The summed E-state index contributed by atoms with van der Waals surface area (Å²) in [5.41, 5.74) is 2.17. The summed E-state index contributed by atoms with van der Waals surface area (Å²) in [6, 6.07) is 5.60. The van der Waals surface area contributed by atoms with Crippen molar-refractivity contribution in [3.63, 3.8) is 0 Å². The highest BCUT2D eigenvalue weighted by atomic mass is 32.2. The van der Waals surface area contributed by atoms with Gasteiger partial charge in [-0.05, 0) is 87.1 Å². The Balaban J connectivity index is 1.28. The Hall–Kier alpha value is -2.89. The van der Waals surface area contributed by atoms with E-state index in [0.29, 0.717) is 37.2 Å². The second-order valence-electron chi connectivity index (χ2n) is 10.9. The Morgan fingerprint density at radius 3 is 2.69 bits per heavy atom. The molecule has 0 bridgehead atoms. The maximum absolute atomic E-state index is 13.3. The summed E-state index contributed by atoms with van der Waals surface area (Å²) >= 11 is 8.04. The predicted octanol–water partition coefficient (Wildman–Crippen LogP) is 6.61. The van der Waals surface area contributed by atoms with E-state index >= 15 is 0 Å². The van der Waals surface area contributed by atoms with Crippen molar-refractivity contribution in [3.8, 4) is 11.5 Å². The van der Waals surface area contributed by atoms with Crippen LogP contribution in [-0.2, 0) is 27.2 Å². The maximum Gasteiger partial charge on any atom is 0.341 e. The van der Waals surface area contributed by atoms with E-state index < -0.39 is 11.9 Å². The van der Waals surface area contributed by atoms with Crippen LogP contribution in [0, 0.1) is 5.92 Å². The van der Waals surface area contributed by atoms with Crippen molar-refractivity contribution in [2.45, 2.75) is 71.3 Å². The van der Waals surface area contributed by atoms with E-state index in [9.17, 15) is 14.4 Å². The number of carbonyl (C=O) groups is 3. The van der Waals surface area contributed by atoms with E-state index in [0.717, 1.165) is 59.9 Å². The summed E-state index contributed by atoms with van der Waals surface area (Å²) in [5, 5.41) is 3.35. The molecule has 8 nitrogen and oxygen atoms in total. The number of thioether (sulfide) groups is 1. The van der Waals surface area contributed by atoms with Crippen molar-refractivity contribution in [2.24, 2.45) is 5.92 Å². The molecule has 0 radical (unpaired) electrons. The number of carbonyl (C=O) groups excluding carboxylic acids is 3. The molecule has 224 valence electrons. The number of nitrogens with one attached hydrogen (secondary N) is 1. The molecule has 42 heavy (non-hydrogen) atoms. The molecule has 2 fully saturated rings. The highest BCUT2D eigenvalue weighted by molar-refractivity contribution is 8.26. The van der Waals surface area contributed by atoms with E-state index in [1.165, 1.54) is 35.5 Å². The molecule has 1 atom stereocenters. The molecule has 1 aliphatic heterocycles. The molecule has 1 aromatic heterocycles. The number of esters is 1. The fourth-order valence-corrected chi connectivity index (χ4v) is 8.26. The van der Waals surface area contributed by atoms with Gasteiger partial charge in [-0.15, -0.1) is 11.3 Å². The van der Waals surface area contributed by atoms with E-state index in [4.69, 9.17) is 26.4 Å². The van der Waals surface area contributed by atoms with Crippen molar-refractivity contribution in [3.05, 3.63) is 44.7 Å². The molecule has 1 aromatic carbocycles. The minimum Gasteiger partial charge on any atom is -0.493 e. The Kier molecular flexibility index (Phi) is 9.90. The zero-order chi connectivity index (χ0) is 29.8. The lowest BCUT2D eigenvalue weighted by atomic mass is 9.88. The largest absolute Gasteiger partial charge is 0.493 e. The molecular weight excluding hydrogens is 593 g/mol. The minimum absolute atomic E-state index is 0.192. The van der Waals surface area contributed by atoms with Gasteiger partial charge in [0, 0.05) is 4.88 Å². The fraction of sp³-hybridized carbons (Fsp3) is 0.484. The summed E-state index contributed by atoms with van der Waals surface area (Å²) in [5.74, 6) is 0.616. The lowest BCUT2D eigenvalue weighted by Gasteiger charge is -2.24. The van der Waals surface area contributed by atoms with Crippen LogP contribution in [0.1, 0.15) is 78.7 Å². The van der Waals surface area contributed by atoms with Gasteiger partial charge in [0.15, 0.2) is 11.5 Å². The van der Waals surface area contributed by atoms with Crippen LogP contribution in [0.2, 0.25) is 0 Å². The van der Waals surface area contributed by atoms with Crippen LogP contribution < -0.4 is 14.8 Å². The maximum atomic E-state index is 13.3. The van der Waals surface area contributed by atoms with Crippen molar-refractivity contribution in [2.75, 3.05) is 25.6 Å². The normalized spacial score (nSPS) is 20.0. The standard InChI is InChI=1S/C31H36N2O6S3/c1-4-38-30(36)27-21-12-10-18(2)14-24(21)41-28(27)32-26(34)17-33-29(35)25(42-31(33)40)16-19-11-13-22(23(15-19)37-3)39-20-8-6-5-7-9-20/h11,13,15-16,18,20H,4-10,12,14,17H2,1-3H3,(H,32,34)/b25-16-. The number of benzene rings is 1. The number of thiocarbonyl (C=S) groups is 1. The molecule has 1 saturated carbocycles. The first-order valence-corrected chi connectivity index (χ1v) is 16.5. The summed E-state index contributed by atoms with van der Waals surface area (Å²) in [6.45, 7) is 3.94. The number of hydrogen-bond acceptors (Lipinski definition) is 9. The van der Waals surface area contributed by atoms with Crippen LogP contribution in [-0.4, -0.2) is 53.4 Å². The van der Waals surface area contributed by atoms with Crippen LogP contribution in [0.15, 0.2) is 23.1 Å². The molecule has 2 amide bonds. The summed E-state index contributed by atoms with van der Waals surface area (Å²) in [7, 11) is 1.60. The molecule has 1 saturated heterocycles. The predicted molar refractivity (Wildman–Crippen MR) is 170 cm³/mol. The van der Waals surface area contributed by atoms with Gasteiger partial charge in [0.25, 0.3) is 5.91 Å². The first-order chi connectivity index (χ1) is 20.3. The monoisotopic (exact) mass is 628 g/mol.